The number of nitrogens with one attached hydrogen (secondary N) is 1. The highest BCUT2D eigenvalue weighted by Crippen LogP contribution is 2.18. The molecule has 0 saturated carbocycles. The van der Waals surface area contributed by atoms with E-state index in [1.54, 1.807) is 15.5 Å². The van der Waals surface area contributed by atoms with Crippen molar-refractivity contribution in [2.75, 3.05) is 6.54 Å². The van der Waals surface area contributed by atoms with Gasteiger partial charge in [-0.15, -0.1) is 15.3 Å². The van der Waals surface area contributed by atoms with Crippen LogP contribution in [0.25, 0.3) is 11.5 Å². The zero-order valence-electron chi connectivity index (χ0n) is 15.7. The highest BCUT2D eigenvalue weighted by Gasteiger charge is 2.15. The van der Waals surface area contributed by atoms with E-state index < -0.39 is 0 Å². The number of carbonyl (C=O) groups is 1. The second kappa shape index (κ2) is 7.63. The number of fused-ring (bicyclic) bond motifs is 1. The maximum Gasteiger partial charge on any atom is 0.220 e. The molecule has 0 radical (unpaired) electrons. The van der Waals surface area contributed by atoms with Crippen LogP contribution in [0.1, 0.15) is 43.6 Å². The number of rotatable bonds is 7. The third-order valence-corrected chi connectivity index (χ3v) is 4.45. The molecule has 3 aromatic heterocycles. The fraction of sp³-hybridized carbons (Fsp3) is 0.500. The Hall–Kier alpha value is -2.77. The molecule has 0 aliphatic rings. The Bertz CT molecular complexity index is 910. The van der Waals surface area contributed by atoms with Crippen LogP contribution in [-0.4, -0.2) is 42.0 Å². The topological polar surface area (TPSA) is 90.0 Å². The number of aryl methyl sites for hydroxylation is 1. The minimum atomic E-state index is 0.0845. The summed E-state index contributed by atoms with van der Waals surface area (Å²) in [7, 11) is 0. The van der Waals surface area contributed by atoms with Crippen LogP contribution in [0.4, 0.5) is 0 Å². The molecule has 1 amide bonds. The van der Waals surface area contributed by atoms with Crippen molar-refractivity contribution < 1.29 is 4.79 Å². The average molecular weight is 355 g/mol. The standard InChI is InChI=1S/C18H25N7O/c1-12(2)9-10-19-18(26)8-5-15-13(3)22-25(14(15)4)17-7-6-16-21-20-11-24(16)23-17/h6-7,11-12H,5,8-10H2,1-4H3,(H,19,26). The van der Waals surface area contributed by atoms with Crippen LogP contribution in [0.2, 0.25) is 0 Å². The van der Waals surface area contributed by atoms with E-state index in [9.17, 15) is 4.79 Å². The van der Waals surface area contributed by atoms with E-state index in [1.807, 2.05) is 26.0 Å². The van der Waals surface area contributed by atoms with Crippen LogP contribution in [0.5, 0.6) is 0 Å². The smallest absolute Gasteiger partial charge is 0.220 e. The van der Waals surface area contributed by atoms with E-state index in [1.165, 1.54) is 0 Å². The van der Waals surface area contributed by atoms with Gasteiger partial charge >= 0.3 is 0 Å². The van der Waals surface area contributed by atoms with Crippen molar-refractivity contribution in [3.63, 3.8) is 0 Å². The molecule has 3 heterocycles. The van der Waals surface area contributed by atoms with Gasteiger partial charge in [0.05, 0.1) is 5.69 Å². The van der Waals surface area contributed by atoms with Gasteiger partial charge in [0, 0.05) is 18.7 Å². The predicted molar refractivity (Wildman–Crippen MR) is 98.2 cm³/mol. The first kappa shape index (κ1) is 18.0. The lowest BCUT2D eigenvalue weighted by molar-refractivity contribution is -0.121. The molecular weight excluding hydrogens is 330 g/mol. The molecule has 0 aliphatic heterocycles. The van der Waals surface area contributed by atoms with Crippen LogP contribution in [0, 0.1) is 19.8 Å². The van der Waals surface area contributed by atoms with Gasteiger partial charge in [0.2, 0.25) is 5.91 Å². The van der Waals surface area contributed by atoms with Gasteiger partial charge in [-0.2, -0.15) is 9.61 Å². The van der Waals surface area contributed by atoms with Crippen molar-refractivity contribution in [2.24, 2.45) is 5.92 Å². The Kier molecular flexibility index (Phi) is 5.29. The Morgan fingerprint density at radius 3 is 2.81 bits per heavy atom. The maximum absolute atomic E-state index is 12.0. The highest BCUT2D eigenvalue weighted by molar-refractivity contribution is 5.76. The third-order valence-electron chi connectivity index (χ3n) is 4.45. The lowest BCUT2D eigenvalue weighted by Crippen LogP contribution is -2.25. The normalized spacial score (nSPS) is 11.4. The molecule has 26 heavy (non-hydrogen) atoms. The van der Waals surface area contributed by atoms with Gasteiger partial charge in [0.25, 0.3) is 0 Å². The van der Waals surface area contributed by atoms with Crippen LogP contribution in [0.3, 0.4) is 0 Å². The average Bonchev–Trinajstić information content (AvgIpc) is 3.16. The van der Waals surface area contributed by atoms with Gasteiger partial charge in [-0.25, -0.2) is 4.68 Å². The second-order valence-corrected chi connectivity index (χ2v) is 6.92. The first-order chi connectivity index (χ1) is 12.5. The first-order valence-corrected chi connectivity index (χ1v) is 8.95. The number of nitrogens with zero attached hydrogens (tertiary/aromatic N) is 6. The Balaban J connectivity index is 1.70. The number of hydrogen-bond donors (Lipinski definition) is 1. The number of aromatic nitrogens is 6. The van der Waals surface area contributed by atoms with E-state index >= 15 is 0 Å². The molecule has 0 aliphatic carbocycles. The summed E-state index contributed by atoms with van der Waals surface area (Å²) in [4.78, 5) is 12.0. The molecule has 3 aromatic rings. The Morgan fingerprint density at radius 2 is 2.04 bits per heavy atom. The van der Waals surface area contributed by atoms with E-state index in [-0.39, 0.29) is 5.91 Å². The molecule has 1 N–H and O–H groups in total. The molecule has 0 spiro atoms. The summed E-state index contributed by atoms with van der Waals surface area (Å²) in [5.74, 6) is 1.38. The summed E-state index contributed by atoms with van der Waals surface area (Å²) in [6, 6.07) is 3.72. The van der Waals surface area contributed by atoms with Crippen molar-refractivity contribution >= 4 is 11.6 Å². The van der Waals surface area contributed by atoms with Crippen molar-refractivity contribution in [2.45, 2.75) is 47.0 Å². The molecule has 0 aromatic carbocycles. The first-order valence-electron chi connectivity index (χ1n) is 8.95. The Labute approximate surface area is 152 Å². The van der Waals surface area contributed by atoms with E-state index in [2.05, 4.69) is 39.6 Å². The van der Waals surface area contributed by atoms with Crippen molar-refractivity contribution in [3.05, 3.63) is 35.4 Å². The molecular formula is C18H25N7O. The Morgan fingerprint density at radius 1 is 1.23 bits per heavy atom. The van der Waals surface area contributed by atoms with E-state index in [0.717, 1.165) is 29.9 Å². The van der Waals surface area contributed by atoms with Gasteiger partial charge in [-0.1, -0.05) is 13.8 Å². The summed E-state index contributed by atoms with van der Waals surface area (Å²) in [6.45, 7) is 9.00. The fourth-order valence-corrected chi connectivity index (χ4v) is 2.92. The molecule has 3 rings (SSSR count). The predicted octanol–water partition coefficient (Wildman–Crippen LogP) is 2.02. The van der Waals surface area contributed by atoms with Crippen LogP contribution in [0.15, 0.2) is 18.5 Å². The van der Waals surface area contributed by atoms with E-state index in [4.69, 9.17) is 0 Å². The zero-order valence-corrected chi connectivity index (χ0v) is 15.7. The van der Waals surface area contributed by atoms with Gasteiger partial charge in [0.15, 0.2) is 11.5 Å². The zero-order chi connectivity index (χ0) is 18.7. The van der Waals surface area contributed by atoms with Crippen LogP contribution >= 0.6 is 0 Å². The number of hydrogen-bond acceptors (Lipinski definition) is 5. The summed E-state index contributed by atoms with van der Waals surface area (Å²) in [5.41, 5.74) is 3.70. The maximum atomic E-state index is 12.0. The van der Waals surface area contributed by atoms with Gasteiger partial charge in [-0.05, 0) is 50.3 Å². The quantitative estimate of drug-likeness (QED) is 0.700. The molecule has 0 atom stereocenters. The summed E-state index contributed by atoms with van der Waals surface area (Å²) < 4.78 is 3.43. The van der Waals surface area contributed by atoms with Crippen LogP contribution in [-0.2, 0) is 11.2 Å². The number of amides is 1. The molecule has 8 heteroatoms. The summed E-state index contributed by atoms with van der Waals surface area (Å²) in [6.07, 6.45) is 3.69. The van der Waals surface area contributed by atoms with Gasteiger partial charge in [-0.3, -0.25) is 4.79 Å². The van der Waals surface area contributed by atoms with Gasteiger partial charge < -0.3 is 5.32 Å². The lowest BCUT2D eigenvalue weighted by atomic mass is 10.1. The molecule has 8 nitrogen and oxygen atoms in total. The van der Waals surface area contributed by atoms with Crippen molar-refractivity contribution in [1.82, 2.24) is 34.9 Å². The second-order valence-electron chi connectivity index (χ2n) is 6.92. The fourth-order valence-electron chi connectivity index (χ4n) is 2.92. The van der Waals surface area contributed by atoms with Crippen molar-refractivity contribution in [1.29, 1.82) is 0 Å². The molecule has 138 valence electrons. The summed E-state index contributed by atoms with van der Waals surface area (Å²) >= 11 is 0. The minimum Gasteiger partial charge on any atom is -0.356 e. The van der Waals surface area contributed by atoms with E-state index in [0.29, 0.717) is 30.2 Å². The molecule has 0 bridgehead atoms. The summed E-state index contributed by atoms with van der Waals surface area (Å²) in [5, 5.41) is 19.9. The van der Waals surface area contributed by atoms with Crippen LogP contribution < -0.4 is 5.32 Å². The largest absolute Gasteiger partial charge is 0.356 e. The molecule has 0 saturated heterocycles. The lowest BCUT2D eigenvalue weighted by Gasteiger charge is -2.08. The van der Waals surface area contributed by atoms with Crippen molar-refractivity contribution in [3.8, 4) is 5.82 Å². The monoisotopic (exact) mass is 355 g/mol. The SMILES string of the molecule is Cc1nn(-c2ccc3nncn3n2)c(C)c1CCC(=O)NCCC(C)C. The third kappa shape index (κ3) is 3.89. The minimum absolute atomic E-state index is 0.0845. The van der Waals surface area contributed by atoms with Gasteiger partial charge in [0.1, 0.15) is 6.33 Å². The number of carbonyl (C=O) groups excluding carboxylic acids is 1. The molecule has 0 unspecified atom stereocenters. The highest BCUT2D eigenvalue weighted by atomic mass is 16.1. The molecule has 0 fully saturated rings.